The monoisotopic (exact) mass is 246 g/mol. The molecule has 0 aliphatic carbocycles. The Morgan fingerprint density at radius 2 is 1.81 bits per heavy atom. The molecule has 0 fully saturated rings. The van der Waals surface area contributed by atoms with Crippen molar-refractivity contribution in [3.8, 4) is 11.5 Å². The van der Waals surface area contributed by atoms with E-state index in [1.54, 1.807) is 18.2 Å². The number of halogens is 1. The van der Waals surface area contributed by atoms with Gasteiger partial charge < -0.3 is 19.7 Å². The SMILES string of the molecule is COc1ccc(C(O)C(O)CCl)cc1OC. The molecule has 0 heterocycles. The van der Waals surface area contributed by atoms with Gasteiger partial charge in [-0.25, -0.2) is 0 Å². The van der Waals surface area contributed by atoms with Crippen molar-refractivity contribution >= 4 is 11.6 Å². The minimum atomic E-state index is -1.03. The van der Waals surface area contributed by atoms with Crippen molar-refractivity contribution in [2.24, 2.45) is 0 Å². The van der Waals surface area contributed by atoms with Crippen molar-refractivity contribution in [2.75, 3.05) is 20.1 Å². The van der Waals surface area contributed by atoms with E-state index in [-0.39, 0.29) is 5.88 Å². The lowest BCUT2D eigenvalue weighted by molar-refractivity contribution is 0.0325. The van der Waals surface area contributed by atoms with Crippen LogP contribution in [0.15, 0.2) is 18.2 Å². The molecule has 2 unspecified atom stereocenters. The van der Waals surface area contributed by atoms with Crippen LogP contribution in [0.3, 0.4) is 0 Å². The van der Waals surface area contributed by atoms with Crippen LogP contribution in [0, 0.1) is 0 Å². The van der Waals surface area contributed by atoms with E-state index in [1.165, 1.54) is 14.2 Å². The zero-order valence-electron chi connectivity index (χ0n) is 9.18. The van der Waals surface area contributed by atoms with Crippen LogP contribution in [0.5, 0.6) is 11.5 Å². The molecule has 0 bridgehead atoms. The van der Waals surface area contributed by atoms with Crippen LogP contribution in [0.25, 0.3) is 0 Å². The van der Waals surface area contributed by atoms with E-state index in [2.05, 4.69) is 0 Å². The molecule has 0 aromatic heterocycles. The van der Waals surface area contributed by atoms with E-state index >= 15 is 0 Å². The lowest BCUT2D eigenvalue weighted by Crippen LogP contribution is -2.19. The summed E-state index contributed by atoms with van der Waals surface area (Å²) in [6.07, 6.45) is -2.03. The van der Waals surface area contributed by atoms with Gasteiger partial charge in [-0.05, 0) is 17.7 Å². The smallest absolute Gasteiger partial charge is 0.161 e. The highest BCUT2D eigenvalue weighted by Gasteiger charge is 2.18. The first-order chi connectivity index (χ1) is 7.63. The van der Waals surface area contributed by atoms with Crippen LogP contribution in [0.4, 0.5) is 0 Å². The minimum Gasteiger partial charge on any atom is -0.493 e. The lowest BCUT2D eigenvalue weighted by atomic mass is 10.0. The average Bonchev–Trinajstić information content (AvgIpc) is 2.35. The summed E-state index contributed by atoms with van der Waals surface area (Å²) < 4.78 is 10.2. The molecule has 5 heteroatoms. The fraction of sp³-hybridized carbons (Fsp3) is 0.455. The molecule has 0 saturated heterocycles. The largest absolute Gasteiger partial charge is 0.493 e. The molecule has 0 amide bonds. The second-order valence-corrected chi connectivity index (χ2v) is 3.59. The Hall–Kier alpha value is -0.970. The normalized spacial score (nSPS) is 14.3. The molecule has 1 rings (SSSR count). The number of hydrogen-bond donors (Lipinski definition) is 2. The van der Waals surface area contributed by atoms with Gasteiger partial charge in [0.15, 0.2) is 11.5 Å². The Balaban J connectivity index is 2.98. The van der Waals surface area contributed by atoms with Crippen LogP contribution < -0.4 is 9.47 Å². The molecule has 1 aromatic carbocycles. The van der Waals surface area contributed by atoms with E-state index in [0.717, 1.165) is 0 Å². The number of ether oxygens (including phenoxy) is 2. The van der Waals surface area contributed by atoms with Gasteiger partial charge in [-0.1, -0.05) is 6.07 Å². The summed E-state index contributed by atoms with van der Waals surface area (Å²) in [6.45, 7) is 0. The summed E-state index contributed by atoms with van der Waals surface area (Å²) >= 11 is 5.46. The molecular weight excluding hydrogens is 232 g/mol. The second kappa shape index (κ2) is 5.94. The third-order valence-electron chi connectivity index (χ3n) is 2.27. The number of alkyl halides is 1. The van der Waals surface area contributed by atoms with Gasteiger partial charge in [-0.15, -0.1) is 11.6 Å². The summed E-state index contributed by atoms with van der Waals surface area (Å²) in [5, 5.41) is 19.2. The molecule has 2 atom stereocenters. The van der Waals surface area contributed by atoms with Gasteiger partial charge in [0, 0.05) is 0 Å². The van der Waals surface area contributed by atoms with E-state index < -0.39 is 12.2 Å². The van der Waals surface area contributed by atoms with Crippen LogP contribution in [0.2, 0.25) is 0 Å². The molecule has 0 radical (unpaired) electrons. The Kier molecular flexibility index (Phi) is 4.86. The van der Waals surface area contributed by atoms with Crippen molar-refractivity contribution in [1.82, 2.24) is 0 Å². The van der Waals surface area contributed by atoms with Crippen LogP contribution in [0.1, 0.15) is 11.7 Å². The summed E-state index contributed by atoms with van der Waals surface area (Å²) in [6, 6.07) is 4.93. The zero-order valence-corrected chi connectivity index (χ0v) is 9.94. The molecule has 0 saturated carbocycles. The summed E-state index contributed by atoms with van der Waals surface area (Å²) in [4.78, 5) is 0. The van der Waals surface area contributed by atoms with E-state index in [9.17, 15) is 10.2 Å². The van der Waals surface area contributed by atoms with E-state index in [1.807, 2.05) is 0 Å². The number of methoxy groups -OCH3 is 2. The Morgan fingerprint density at radius 1 is 1.19 bits per heavy atom. The second-order valence-electron chi connectivity index (χ2n) is 3.28. The van der Waals surface area contributed by atoms with E-state index in [0.29, 0.717) is 17.1 Å². The fourth-order valence-corrected chi connectivity index (χ4v) is 1.51. The molecule has 0 spiro atoms. The fourth-order valence-electron chi connectivity index (χ4n) is 1.34. The van der Waals surface area contributed by atoms with Gasteiger partial charge in [0.25, 0.3) is 0 Å². The third-order valence-corrected chi connectivity index (χ3v) is 2.59. The average molecular weight is 247 g/mol. The first kappa shape index (κ1) is 13.1. The number of aliphatic hydroxyl groups excluding tert-OH is 2. The highest BCUT2D eigenvalue weighted by atomic mass is 35.5. The van der Waals surface area contributed by atoms with Gasteiger partial charge in [0.2, 0.25) is 0 Å². The van der Waals surface area contributed by atoms with Gasteiger partial charge in [0.1, 0.15) is 6.10 Å². The maximum Gasteiger partial charge on any atom is 0.161 e. The van der Waals surface area contributed by atoms with Crippen LogP contribution in [-0.4, -0.2) is 36.4 Å². The number of rotatable bonds is 5. The van der Waals surface area contributed by atoms with Gasteiger partial charge in [-0.2, -0.15) is 0 Å². The number of aliphatic hydroxyl groups is 2. The van der Waals surface area contributed by atoms with Crippen LogP contribution >= 0.6 is 11.6 Å². The maximum atomic E-state index is 9.74. The molecule has 0 aliphatic rings. The van der Waals surface area contributed by atoms with Crippen molar-refractivity contribution < 1.29 is 19.7 Å². The standard InChI is InChI=1S/C11H15ClO4/c1-15-9-4-3-7(5-10(9)16-2)11(14)8(13)6-12/h3-5,8,11,13-14H,6H2,1-2H3. The highest BCUT2D eigenvalue weighted by Crippen LogP contribution is 2.30. The summed E-state index contributed by atoms with van der Waals surface area (Å²) in [5.74, 6) is 1.04. The number of hydrogen-bond acceptors (Lipinski definition) is 4. The molecule has 1 aromatic rings. The molecule has 90 valence electrons. The predicted octanol–water partition coefficient (Wildman–Crippen LogP) is 1.34. The Labute approximate surface area is 99.4 Å². The number of benzene rings is 1. The zero-order chi connectivity index (χ0) is 12.1. The highest BCUT2D eigenvalue weighted by molar-refractivity contribution is 6.18. The molecule has 4 nitrogen and oxygen atoms in total. The quantitative estimate of drug-likeness (QED) is 0.770. The molecule has 0 aliphatic heterocycles. The van der Waals surface area contributed by atoms with Crippen molar-refractivity contribution in [1.29, 1.82) is 0 Å². The van der Waals surface area contributed by atoms with Crippen molar-refractivity contribution in [3.05, 3.63) is 23.8 Å². The van der Waals surface area contributed by atoms with Crippen LogP contribution in [-0.2, 0) is 0 Å². The molecule has 2 N–H and O–H groups in total. The summed E-state index contributed by atoms with van der Waals surface area (Å²) in [5.41, 5.74) is 0.533. The predicted molar refractivity (Wildman–Crippen MR) is 61.2 cm³/mol. The van der Waals surface area contributed by atoms with Crippen molar-refractivity contribution in [2.45, 2.75) is 12.2 Å². The Morgan fingerprint density at radius 3 is 2.31 bits per heavy atom. The van der Waals surface area contributed by atoms with Gasteiger partial charge >= 0.3 is 0 Å². The molecular formula is C11H15ClO4. The topological polar surface area (TPSA) is 58.9 Å². The maximum absolute atomic E-state index is 9.74. The minimum absolute atomic E-state index is 0.0322. The van der Waals surface area contributed by atoms with Crippen molar-refractivity contribution in [3.63, 3.8) is 0 Å². The Bertz CT molecular complexity index is 343. The third kappa shape index (κ3) is 2.78. The summed E-state index contributed by atoms with van der Waals surface area (Å²) in [7, 11) is 3.04. The first-order valence-electron chi connectivity index (χ1n) is 4.78. The van der Waals surface area contributed by atoms with Gasteiger partial charge in [0.05, 0.1) is 26.2 Å². The lowest BCUT2D eigenvalue weighted by Gasteiger charge is -2.17. The van der Waals surface area contributed by atoms with E-state index in [4.69, 9.17) is 21.1 Å². The first-order valence-corrected chi connectivity index (χ1v) is 5.31. The van der Waals surface area contributed by atoms with Gasteiger partial charge in [-0.3, -0.25) is 0 Å². The molecule has 16 heavy (non-hydrogen) atoms.